The second-order valence-electron chi connectivity index (χ2n) is 6.10. The number of alkyl halides is 3. The molecule has 1 aromatic heterocycles. The fourth-order valence-electron chi connectivity index (χ4n) is 3.17. The first kappa shape index (κ1) is 14.6. The molecular weight excluding hydrogens is 283 g/mol. The number of hydrogen-bond donors (Lipinski definition) is 1. The topological polar surface area (TPSA) is 49.2 Å². The van der Waals surface area contributed by atoms with Crippen LogP contribution < -0.4 is 4.90 Å². The maximum absolute atomic E-state index is 12.7. The highest BCUT2D eigenvalue weighted by molar-refractivity contribution is 5.33. The number of aliphatic hydroxyl groups is 1. The maximum atomic E-state index is 12.7. The van der Waals surface area contributed by atoms with Crippen LogP contribution in [0.5, 0.6) is 0 Å². The normalized spacial score (nSPS) is 30.5. The number of halogens is 3. The van der Waals surface area contributed by atoms with Crippen molar-refractivity contribution in [2.45, 2.75) is 38.0 Å². The first-order valence-corrected chi connectivity index (χ1v) is 7.18. The van der Waals surface area contributed by atoms with Gasteiger partial charge < -0.3 is 10.0 Å². The van der Waals surface area contributed by atoms with Gasteiger partial charge in [-0.2, -0.15) is 13.2 Å². The summed E-state index contributed by atoms with van der Waals surface area (Å²) in [5.41, 5.74) is -1.61. The van der Waals surface area contributed by atoms with Gasteiger partial charge >= 0.3 is 6.18 Å². The van der Waals surface area contributed by atoms with Gasteiger partial charge in [-0.25, -0.2) is 9.97 Å². The van der Waals surface area contributed by atoms with Crippen LogP contribution in [0.15, 0.2) is 12.3 Å². The van der Waals surface area contributed by atoms with E-state index in [-0.39, 0.29) is 11.9 Å². The van der Waals surface area contributed by atoms with E-state index in [0.717, 1.165) is 25.1 Å². The van der Waals surface area contributed by atoms with Crippen LogP contribution in [0.25, 0.3) is 0 Å². The number of nitrogens with zero attached hydrogens (tertiary/aromatic N) is 3. The van der Waals surface area contributed by atoms with Gasteiger partial charge in [-0.05, 0) is 31.2 Å². The molecule has 4 nitrogen and oxygen atoms in total. The lowest BCUT2D eigenvalue weighted by molar-refractivity contribution is -0.141. The predicted octanol–water partition coefficient (Wildman–Crippen LogP) is 2.48. The lowest BCUT2D eigenvalue weighted by atomic mass is 9.78. The smallest absolute Gasteiger partial charge is 0.389 e. The molecule has 0 unspecified atom stereocenters. The average Bonchev–Trinajstić information content (AvgIpc) is 3.26. The molecule has 0 radical (unpaired) electrons. The highest BCUT2D eigenvalue weighted by Gasteiger charge is 2.50. The molecule has 7 heteroatoms. The van der Waals surface area contributed by atoms with Crippen molar-refractivity contribution >= 4 is 5.95 Å². The zero-order valence-corrected chi connectivity index (χ0v) is 11.8. The van der Waals surface area contributed by atoms with E-state index < -0.39 is 17.5 Å². The van der Waals surface area contributed by atoms with Crippen molar-refractivity contribution in [3.05, 3.63) is 18.0 Å². The van der Waals surface area contributed by atoms with E-state index in [1.807, 2.05) is 6.92 Å². The molecule has 0 spiro atoms. The molecule has 0 bridgehead atoms. The molecule has 116 valence electrons. The van der Waals surface area contributed by atoms with Crippen LogP contribution in [-0.4, -0.2) is 33.8 Å². The molecule has 21 heavy (non-hydrogen) atoms. The Labute approximate surface area is 121 Å². The van der Waals surface area contributed by atoms with Gasteiger partial charge in [0.25, 0.3) is 0 Å². The Hall–Kier alpha value is -1.37. The van der Waals surface area contributed by atoms with Gasteiger partial charge in [0, 0.05) is 25.2 Å². The molecule has 1 saturated heterocycles. The second-order valence-corrected chi connectivity index (χ2v) is 6.10. The van der Waals surface area contributed by atoms with Crippen LogP contribution in [-0.2, 0) is 6.18 Å². The van der Waals surface area contributed by atoms with Crippen LogP contribution in [0.3, 0.4) is 0 Å². The lowest BCUT2D eigenvalue weighted by Crippen LogP contribution is -2.52. The van der Waals surface area contributed by atoms with Crippen molar-refractivity contribution in [1.82, 2.24) is 9.97 Å². The van der Waals surface area contributed by atoms with Gasteiger partial charge in [0.2, 0.25) is 5.95 Å². The lowest BCUT2D eigenvalue weighted by Gasteiger charge is -2.43. The molecule has 0 amide bonds. The molecule has 1 aliphatic heterocycles. The second kappa shape index (κ2) is 4.83. The third-order valence-electron chi connectivity index (χ3n) is 4.63. The van der Waals surface area contributed by atoms with E-state index in [1.54, 1.807) is 4.90 Å². The van der Waals surface area contributed by atoms with Gasteiger partial charge in [-0.15, -0.1) is 0 Å². The molecule has 0 aromatic carbocycles. The van der Waals surface area contributed by atoms with Crippen molar-refractivity contribution in [2.24, 2.45) is 11.8 Å². The Kier molecular flexibility index (Phi) is 3.35. The van der Waals surface area contributed by atoms with Gasteiger partial charge in [0.15, 0.2) is 0 Å². The van der Waals surface area contributed by atoms with E-state index in [2.05, 4.69) is 9.97 Å². The first-order valence-electron chi connectivity index (χ1n) is 7.18. The van der Waals surface area contributed by atoms with Crippen molar-refractivity contribution in [3.8, 4) is 0 Å². The Bertz CT molecular complexity index is 532. The fraction of sp³-hybridized carbons (Fsp3) is 0.714. The minimum absolute atomic E-state index is 0.00288. The standard InChI is InChI=1S/C14H18F3N3O/c1-9-8-20(7-5-13(9,21)10-2-3-10)12-18-6-4-11(19-12)14(15,16)17/h4,6,9-10,21H,2-3,5,7-8H2,1H3/t9-,13+/m1/s1. The fourth-order valence-corrected chi connectivity index (χ4v) is 3.17. The molecule has 1 saturated carbocycles. The van der Waals surface area contributed by atoms with E-state index in [9.17, 15) is 18.3 Å². The molecule has 2 atom stereocenters. The Morgan fingerprint density at radius 1 is 1.38 bits per heavy atom. The highest BCUT2D eigenvalue weighted by Crippen LogP contribution is 2.47. The molecule has 3 rings (SSSR count). The van der Waals surface area contributed by atoms with Crippen molar-refractivity contribution < 1.29 is 18.3 Å². The molecule has 2 heterocycles. The summed E-state index contributed by atoms with van der Waals surface area (Å²) >= 11 is 0. The minimum Gasteiger partial charge on any atom is -0.389 e. The zero-order chi connectivity index (χ0) is 15.3. The summed E-state index contributed by atoms with van der Waals surface area (Å²) in [5, 5.41) is 10.7. The quantitative estimate of drug-likeness (QED) is 0.912. The van der Waals surface area contributed by atoms with Crippen molar-refractivity contribution in [3.63, 3.8) is 0 Å². The number of piperidine rings is 1. The predicted molar refractivity (Wildman–Crippen MR) is 70.7 cm³/mol. The summed E-state index contributed by atoms with van der Waals surface area (Å²) in [5.74, 6) is 0.434. The molecule has 1 N–H and O–H groups in total. The van der Waals surface area contributed by atoms with E-state index >= 15 is 0 Å². The Morgan fingerprint density at radius 3 is 2.67 bits per heavy atom. The summed E-state index contributed by atoms with van der Waals surface area (Å²) in [6.07, 6.45) is -0.689. The number of hydrogen-bond acceptors (Lipinski definition) is 4. The number of anilines is 1. The SMILES string of the molecule is C[C@@H]1CN(c2nccc(C(F)(F)F)n2)CC[C@@]1(O)C1CC1. The summed E-state index contributed by atoms with van der Waals surface area (Å²) < 4.78 is 38.1. The minimum atomic E-state index is -4.46. The third kappa shape index (κ3) is 2.71. The van der Waals surface area contributed by atoms with Gasteiger partial charge in [-0.3, -0.25) is 0 Å². The molecule has 1 aromatic rings. The molecule has 1 aliphatic carbocycles. The largest absolute Gasteiger partial charge is 0.433 e. The van der Waals surface area contributed by atoms with Crippen LogP contribution in [0.2, 0.25) is 0 Å². The van der Waals surface area contributed by atoms with Crippen LogP contribution >= 0.6 is 0 Å². The maximum Gasteiger partial charge on any atom is 0.433 e. The van der Waals surface area contributed by atoms with Gasteiger partial charge in [-0.1, -0.05) is 6.92 Å². The van der Waals surface area contributed by atoms with E-state index in [4.69, 9.17) is 0 Å². The number of aromatic nitrogens is 2. The van der Waals surface area contributed by atoms with Gasteiger partial charge in [0.1, 0.15) is 5.69 Å². The monoisotopic (exact) mass is 301 g/mol. The van der Waals surface area contributed by atoms with E-state index in [1.165, 1.54) is 0 Å². The highest BCUT2D eigenvalue weighted by atomic mass is 19.4. The molecule has 2 aliphatic rings. The first-order chi connectivity index (χ1) is 9.80. The van der Waals surface area contributed by atoms with E-state index in [0.29, 0.717) is 25.4 Å². The zero-order valence-electron chi connectivity index (χ0n) is 11.8. The van der Waals surface area contributed by atoms with Crippen molar-refractivity contribution in [2.75, 3.05) is 18.0 Å². The van der Waals surface area contributed by atoms with Crippen LogP contribution in [0.1, 0.15) is 31.9 Å². The molecule has 2 fully saturated rings. The summed E-state index contributed by atoms with van der Waals surface area (Å²) in [7, 11) is 0. The summed E-state index contributed by atoms with van der Waals surface area (Å²) in [4.78, 5) is 9.30. The van der Waals surface area contributed by atoms with Gasteiger partial charge in [0.05, 0.1) is 5.60 Å². The molecular formula is C14H18F3N3O. The van der Waals surface area contributed by atoms with Crippen molar-refractivity contribution in [1.29, 1.82) is 0 Å². The van der Waals surface area contributed by atoms with Crippen LogP contribution in [0, 0.1) is 11.8 Å². The number of rotatable bonds is 2. The Morgan fingerprint density at radius 2 is 2.10 bits per heavy atom. The summed E-state index contributed by atoms with van der Waals surface area (Å²) in [6, 6.07) is 0.872. The van der Waals surface area contributed by atoms with Crippen LogP contribution in [0.4, 0.5) is 19.1 Å². The summed E-state index contributed by atoms with van der Waals surface area (Å²) in [6.45, 7) is 2.91. The third-order valence-corrected chi connectivity index (χ3v) is 4.63. The Balaban J connectivity index is 1.77. The average molecular weight is 301 g/mol.